The van der Waals surface area contributed by atoms with Crippen molar-refractivity contribution in [2.45, 2.75) is 52.1 Å². The fourth-order valence-electron chi connectivity index (χ4n) is 3.71. The van der Waals surface area contributed by atoms with Gasteiger partial charge in [0.25, 0.3) is 0 Å². The van der Waals surface area contributed by atoms with Gasteiger partial charge in [-0.1, -0.05) is 30.7 Å². The minimum atomic E-state index is 0. The highest BCUT2D eigenvalue weighted by Gasteiger charge is 2.27. The molecule has 1 fully saturated rings. The van der Waals surface area contributed by atoms with Crippen LogP contribution in [-0.2, 0) is 6.54 Å². The van der Waals surface area contributed by atoms with Crippen molar-refractivity contribution in [2.24, 2.45) is 4.99 Å². The van der Waals surface area contributed by atoms with Crippen LogP contribution in [0.3, 0.4) is 0 Å². The summed E-state index contributed by atoms with van der Waals surface area (Å²) in [6.07, 6.45) is 5.83. The first kappa shape index (κ1) is 22.9. The highest BCUT2D eigenvalue weighted by atomic mass is 127. The Morgan fingerprint density at radius 3 is 2.61 bits per heavy atom. The second-order valence-corrected chi connectivity index (χ2v) is 7.90. The molecule has 6 heteroatoms. The molecule has 1 saturated heterocycles. The Bertz CT molecular complexity index is 763. The minimum Gasteiger partial charge on any atom is -0.357 e. The van der Waals surface area contributed by atoms with Crippen molar-refractivity contribution in [1.82, 2.24) is 20.5 Å². The monoisotopic (exact) mass is 495 g/mol. The van der Waals surface area contributed by atoms with Crippen LogP contribution in [0.4, 0.5) is 0 Å². The van der Waals surface area contributed by atoms with Gasteiger partial charge in [0.05, 0.1) is 12.1 Å². The Morgan fingerprint density at radius 2 is 1.86 bits per heavy atom. The van der Waals surface area contributed by atoms with Gasteiger partial charge in [0.15, 0.2) is 5.96 Å². The first-order valence-corrected chi connectivity index (χ1v) is 10.2. The molecular formula is C22H34IN5. The van der Waals surface area contributed by atoms with Crippen LogP contribution in [0.15, 0.2) is 41.5 Å². The average molecular weight is 495 g/mol. The number of hydrogen-bond acceptors (Lipinski definition) is 3. The third-order valence-corrected chi connectivity index (χ3v) is 5.37. The number of guanidine groups is 1. The van der Waals surface area contributed by atoms with Gasteiger partial charge in [0.1, 0.15) is 0 Å². The van der Waals surface area contributed by atoms with Crippen LogP contribution in [0.25, 0.3) is 10.9 Å². The lowest BCUT2D eigenvalue weighted by Crippen LogP contribution is -2.54. The van der Waals surface area contributed by atoms with Gasteiger partial charge >= 0.3 is 0 Å². The topological polar surface area (TPSA) is 52.6 Å². The number of rotatable bonds is 6. The fraction of sp³-hybridized carbons (Fsp3) is 0.545. The van der Waals surface area contributed by atoms with Gasteiger partial charge in [-0.05, 0) is 58.3 Å². The van der Waals surface area contributed by atoms with Gasteiger partial charge in [-0.2, -0.15) is 0 Å². The molecule has 0 amide bonds. The Balaban J connectivity index is 0.00000280. The number of aromatic nitrogens is 1. The maximum absolute atomic E-state index is 4.82. The maximum Gasteiger partial charge on any atom is 0.191 e. The van der Waals surface area contributed by atoms with Crippen LogP contribution >= 0.6 is 24.0 Å². The van der Waals surface area contributed by atoms with Crippen molar-refractivity contribution < 1.29 is 0 Å². The molecule has 3 rings (SSSR count). The van der Waals surface area contributed by atoms with E-state index in [9.17, 15) is 0 Å². The van der Waals surface area contributed by atoms with Gasteiger partial charge in [0, 0.05) is 30.2 Å². The van der Waals surface area contributed by atoms with Crippen molar-refractivity contribution in [1.29, 1.82) is 0 Å². The number of benzene rings is 1. The molecule has 1 aromatic carbocycles. The van der Waals surface area contributed by atoms with E-state index in [0.29, 0.717) is 6.54 Å². The molecule has 2 aromatic rings. The summed E-state index contributed by atoms with van der Waals surface area (Å²) in [4.78, 5) is 12.0. The zero-order valence-electron chi connectivity index (χ0n) is 17.4. The Labute approximate surface area is 186 Å². The van der Waals surface area contributed by atoms with E-state index >= 15 is 0 Å². The molecule has 0 bridgehead atoms. The summed E-state index contributed by atoms with van der Waals surface area (Å²) in [6, 6.07) is 10.4. The molecule has 0 atom stereocenters. The van der Waals surface area contributed by atoms with Gasteiger partial charge in [-0.25, -0.2) is 4.99 Å². The van der Waals surface area contributed by atoms with Crippen LogP contribution in [-0.4, -0.2) is 47.6 Å². The zero-order chi connectivity index (χ0) is 19.1. The number of nitrogens with zero attached hydrogens (tertiary/aromatic N) is 3. The van der Waals surface area contributed by atoms with E-state index in [4.69, 9.17) is 4.99 Å². The maximum atomic E-state index is 4.82. The largest absolute Gasteiger partial charge is 0.357 e. The van der Waals surface area contributed by atoms with Gasteiger partial charge in [0.2, 0.25) is 0 Å². The minimum absolute atomic E-state index is 0. The average Bonchev–Trinajstić information content (AvgIpc) is 2.71. The number of nitrogens with one attached hydrogen (secondary N) is 2. The highest BCUT2D eigenvalue weighted by Crippen LogP contribution is 2.20. The molecular weight excluding hydrogens is 461 g/mol. The molecule has 1 aliphatic heterocycles. The number of likely N-dealkylation sites (tertiary alicyclic amines) is 1. The van der Waals surface area contributed by atoms with E-state index in [-0.39, 0.29) is 29.5 Å². The Morgan fingerprint density at radius 1 is 1.11 bits per heavy atom. The molecule has 154 valence electrons. The van der Waals surface area contributed by atoms with Crippen molar-refractivity contribution in [2.75, 3.05) is 26.2 Å². The molecule has 1 aromatic heterocycles. The number of pyridine rings is 1. The number of halogens is 1. The van der Waals surface area contributed by atoms with Crippen LogP contribution in [0, 0.1) is 0 Å². The first-order valence-electron chi connectivity index (χ1n) is 10.2. The highest BCUT2D eigenvalue weighted by molar-refractivity contribution is 14.0. The number of para-hydroxylation sites is 1. The van der Waals surface area contributed by atoms with Crippen molar-refractivity contribution in [3.63, 3.8) is 0 Å². The van der Waals surface area contributed by atoms with Gasteiger partial charge < -0.3 is 10.6 Å². The number of piperidine rings is 1. The number of fused-ring (bicyclic) bond motifs is 1. The summed E-state index contributed by atoms with van der Waals surface area (Å²) in [6.45, 7) is 11.5. The van der Waals surface area contributed by atoms with E-state index in [2.05, 4.69) is 65.6 Å². The summed E-state index contributed by atoms with van der Waals surface area (Å²) in [7, 11) is 0. The van der Waals surface area contributed by atoms with Crippen LogP contribution in [0.2, 0.25) is 0 Å². The molecule has 0 aliphatic carbocycles. The molecule has 2 N–H and O–H groups in total. The normalized spacial score (nSPS) is 15.9. The molecule has 0 radical (unpaired) electrons. The van der Waals surface area contributed by atoms with E-state index in [1.54, 1.807) is 0 Å². The fourth-order valence-corrected chi connectivity index (χ4v) is 3.71. The summed E-state index contributed by atoms with van der Waals surface area (Å²) < 4.78 is 0. The smallest absolute Gasteiger partial charge is 0.191 e. The third kappa shape index (κ3) is 6.04. The van der Waals surface area contributed by atoms with E-state index in [0.717, 1.165) is 35.5 Å². The molecule has 28 heavy (non-hydrogen) atoms. The van der Waals surface area contributed by atoms with Crippen LogP contribution in [0.1, 0.15) is 45.6 Å². The third-order valence-electron chi connectivity index (χ3n) is 5.37. The number of aliphatic imine (C=N–C) groups is 1. The Hall–Kier alpha value is -1.41. The molecule has 0 spiro atoms. The summed E-state index contributed by atoms with van der Waals surface area (Å²) in [5, 5.41) is 8.09. The Kier molecular flexibility index (Phi) is 8.95. The van der Waals surface area contributed by atoms with E-state index in [1.807, 2.05) is 12.3 Å². The second kappa shape index (κ2) is 11.0. The number of hydrogen-bond donors (Lipinski definition) is 2. The summed E-state index contributed by atoms with van der Waals surface area (Å²) in [5.74, 6) is 0.871. The quantitative estimate of drug-likeness (QED) is 0.359. The zero-order valence-corrected chi connectivity index (χ0v) is 19.7. The van der Waals surface area contributed by atoms with Crippen molar-refractivity contribution in [3.05, 3.63) is 42.1 Å². The molecule has 5 nitrogen and oxygen atoms in total. The second-order valence-electron chi connectivity index (χ2n) is 7.90. The van der Waals surface area contributed by atoms with E-state index < -0.39 is 0 Å². The first-order chi connectivity index (χ1) is 13.1. The van der Waals surface area contributed by atoms with Crippen LogP contribution < -0.4 is 10.6 Å². The van der Waals surface area contributed by atoms with E-state index in [1.165, 1.54) is 32.4 Å². The SMILES string of the molecule is CCNC(=NCc1cccc2cccnc12)NCC(C)(C)N1CCCCC1.I. The molecule has 2 heterocycles. The molecule has 1 aliphatic rings. The van der Waals surface area contributed by atoms with Gasteiger partial charge in [-0.15, -0.1) is 24.0 Å². The predicted molar refractivity (Wildman–Crippen MR) is 129 cm³/mol. The lowest BCUT2D eigenvalue weighted by Gasteiger charge is -2.41. The predicted octanol–water partition coefficient (Wildman–Crippen LogP) is 4.17. The molecule has 0 saturated carbocycles. The summed E-state index contributed by atoms with van der Waals surface area (Å²) >= 11 is 0. The van der Waals surface area contributed by atoms with Gasteiger partial charge in [-0.3, -0.25) is 9.88 Å². The molecule has 0 unspecified atom stereocenters. The standard InChI is InChI=1S/C22H33N5.HI/c1-4-23-21(26-17-22(2,3)27-14-6-5-7-15-27)25-16-19-11-8-10-18-12-9-13-24-20(18)19;/h8-13H,4-7,14-17H2,1-3H3,(H2,23,25,26);1H. The van der Waals surface area contributed by atoms with Crippen LogP contribution in [0.5, 0.6) is 0 Å². The van der Waals surface area contributed by atoms with Crippen molar-refractivity contribution in [3.8, 4) is 0 Å². The van der Waals surface area contributed by atoms with Crippen molar-refractivity contribution >= 4 is 40.8 Å². The lowest BCUT2D eigenvalue weighted by atomic mass is 9.98. The summed E-state index contributed by atoms with van der Waals surface area (Å²) in [5.41, 5.74) is 2.31. The lowest BCUT2D eigenvalue weighted by molar-refractivity contribution is 0.0982.